The Morgan fingerprint density at radius 1 is 1.36 bits per heavy atom. The Morgan fingerprint density at radius 3 is 2.50 bits per heavy atom. The number of halogens is 3. The van der Waals surface area contributed by atoms with Crippen LogP contribution in [0.3, 0.4) is 0 Å². The van der Waals surface area contributed by atoms with Crippen molar-refractivity contribution >= 4 is 17.6 Å². The second-order valence-electron chi connectivity index (χ2n) is 4.50. The van der Waals surface area contributed by atoms with Crippen LogP contribution >= 0.6 is 11.6 Å². The molecule has 0 radical (unpaired) electrons. The number of hydrogen-bond donors (Lipinski definition) is 0. The average Bonchev–Trinajstić information content (AvgIpc) is 2.73. The Balaban J connectivity index is 2.71. The standard InChI is InChI=1S/C13H12ClF2N3O3/c1-6-4-9(14)8(11(20)22-3)5-10(6)19-13(21)18(12(15)16)7(2)17-19/h4-5,12H,1-3H3. The molecule has 0 aliphatic heterocycles. The van der Waals surface area contributed by atoms with Crippen molar-refractivity contribution in [2.24, 2.45) is 0 Å². The lowest BCUT2D eigenvalue weighted by Gasteiger charge is -2.09. The Labute approximate surface area is 128 Å². The maximum atomic E-state index is 12.9. The molecule has 2 rings (SSSR count). The van der Waals surface area contributed by atoms with E-state index in [0.717, 1.165) is 4.68 Å². The molecular weight excluding hydrogens is 320 g/mol. The second-order valence-corrected chi connectivity index (χ2v) is 4.91. The Morgan fingerprint density at radius 2 is 2.00 bits per heavy atom. The summed E-state index contributed by atoms with van der Waals surface area (Å²) < 4.78 is 31.4. The average molecular weight is 332 g/mol. The number of rotatable bonds is 3. The zero-order valence-electron chi connectivity index (χ0n) is 11.9. The van der Waals surface area contributed by atoms with Crippen molar-refractivity contribution < 1.29 is 18.3 Å². The van der Waals surface area contributed by atoms with Crippen LogP contribution in [0.4, 0.5) is 8.78 Å². The third-order valence-electron chi connectivity index (χ3n) is 3.09. The first-order chi connectivity index (χ1) is 10.3. The van der Waals surface area contributed by atoms with Crippen LogP contribution in [-0.2, 0) is 4.74 Å². The van der Waals surface area contributed by atoms with Crippen molar-refractivity contribution in [2.75, 3.05) is 7.11 Å². The van der Waals surface area contributed by atoms with Crippen LogP contribution in [0.2, 0.25) is 5.02 Å². The van der Waals surface area contributed by atoms with Crippen LogP contribution in [-0.4, -0.2) is 27.4 Å². The number of alkyl halides is 2. The highest BCUT2D eigenvalue weighted by molar-refractivity contribution is 6.33. The van der Waals surface area contributed by atoms with Crippen molar-refractivity contribution in [3.63, 3.8) is 0 Å². The molecule has 0 aliphatic rings. The zero-order valence-corrected chi connectivity index (χ0v) is 12.7. The monoisotopic (exact) mass is 331 g/mol. The molecule has 2 aromatic rings. The summed E-state index contributed by atoms with van der Waals surface area (Å²) in [6.45, 7) is -0.101. The molecule has 0 fully saturated rings. The van der Waals surface area contributed by atoms with Crippen LogP contribution in [0, 0.1) is 13.8 Å². The molecule has 1 heterocycles. The van der Waals surface area contributed by atoms with E-state index in [9.17, 15) is 18.4 Å². The summed E-state index contributed by atoms with van der Waals surface area (Å²) in [7, 11) is 1.18. The van der Waals surface area contributed by atoms with Crippen LogP contribution in [0.15, 0.2) is 16.9 Å². The van der Waals surface area contributed by atoms with Crippen molar-refractivity contribution in [1.29, 1.82) is 0 Å². The van der Waals surface area contributed by atoms with Gasteiger partial charge in [-0.05, 0) is 31.5 Å². The summed E-state index contributed by atoms with van der Waals surface area (Å²) in [5.74, 6) is -0.849. The lowest BCUT2D eigenvalue weighted by molar-refractivity contribution is 0.0599. The number of aryl methyl sites for hydroxylation is 2. The van der Waals surface area contributed by atoms with Gasteiger partial charge in [0.2, 0.25) is 0 Å². The fourth-order valence-corrected chi connectivity index (χ4v) is 2.31. The summed E-state index contributed by atoms with van der Waals surface area (Å²) in [5.41, 5.74) is -0.314. The minimum Gasteiger partial charge on any atom is -0.465 e. The molecule has 0 spiro atoms. The van der Waals surface area contributed by atoms with Gasteiger partial charge in [-0.25, -0.2) is 14.2 Å². The minimum absolute atomic E-state index is 0.0147. The normalized spacial score (nSPS) is 11.0. The molecule has 0 amide bonds. The first-order valence-corrected chi connectivity index (χ1v) is 6.50. The van der Waals surface area contributed by atoms with E-state index in [1.807, 2.05) is 0 Å². The summed E-state index contributed by atoms with van der Waals surface area (Å²) in [6, 6.07) is 2.72. The van der Waals surface area contributed by atoms with E-state index < -0.39 is 18.2 Å². The van der Waals surface area contributed by atoms with Gasteiger partial charge in [-0.15, -0.1) is 0 Å². The van der Waals surface area contributed by atoms with Gasteiger partial charge < -0.3 is 4.74 Å². The maximum Gasteiger partial charge on any atom is 0.355 e. The fourth-order valence-electron chi connectivity index (χ4n) is 2.01. The largest absolute Gasteiger partial charge is 0.465 e. The van der Waals surface area contributed by atoms with Gasteiger partial charge in [0.25, 0.3) is 0 Å². The number of carbonyl (C=O) groups is 1. The van der Waals surface area contributed by atoms with Crippen LogP contribution in [0.1, 0.15) is 28.3 Å². The van der Waals surface area contributed by atoms with Crippen LogP contribution in [0.5, 0.6) is 0 Å². The van der Waals surface area contributed by atoms with E-state index in [2.05, 4.69) is 9.84 Å². The minimum atomic E-state index is -3.01. The Hall–Kier alpha value is -2.22. The molecule has 0 aliphatic carbocycles. The third kappa shape index (κ3) is 2.61. The number of nitrogens with zero attached hydrogens (tertiary/aromatic N) is 3. The summed E-state index contributed by atoms with van der Waals surface area (Å²) in [5, 5.41) is 3.94. The number of benzene rings is 1. The molecule has 118 valence electrons. The molecule has 0 atom stereocenters. The predicted molar refractivity (Wildman–Crippen MR) is 74.9 cm³/mol. The molecular formula is C13H12ClF2N3O3. The third-order valence-corrected chi connectivity index (χ3v) is 3.41. The number of ether oxygens (including phenoxy) is 1. The molecule has 1 aromatic carbocycles. The summed E-state index contributed by atoms with van der Waals surface area (Å²) in [4.78, 5) is 23.7. The number of esters is 1. The molecule has 1 aromatic heterocycles. The van der Waals surface area contributed by atoms with Gasteiger partial charge in [-0.2, -0.15) is 18.6 Å². The van der Waals surface area contributed by atoms with Crippen molar-refractivity contribution in [3.8, 4) is 5.69 Å². The predicted octanol–water partition coefficient (Wildman–Crippen LogP) is 2.49. The molecule has 0 saturated heterocycles. The lowest BCUT2D eigenvalue weighted by Crippen LogP contribution is -2.25. The van der Waals surface area contributed by atoms with Gasteiger partial charge >= 0.3 is 18.2 Å². The first-order valence-electron chi connectivity index (χ1n) is 6.13. The summed E-state index contributed by atoms with van der Waals surface area (Å²) in [6.07, 6.45) is 0. The molecule has 0 unspecified atom stereocenters. The highest BCUT2D eigenvalue weighted by Crippen LogP contribution is 2.24. The van der Waals surface area contributed by atoms with E-state index in [-0.39, 0.29) is 26.7 Å². The summed E-state index contributed by atoms with van der Waals surface area (Å²) >= 11 is 5.96. The molecule has 0 N–H and O–H groups in total. The van der Waals surface area contributed by atoms with Gasteiger partial charge in [0.1, 0.15) is 5.82 Å². The van der Waals surface area contributed by atoms with E-state index in [0.29, 0.717) is 5.56 Å². The van der Waals surface area contributed by atoms with Gasteiger partial charge in [0, 0.05) is 0 Å². The number of hydrogen-bond acceptors (Lipinski definition) is 4. The molecule has 9 heteroatoms. The van der Waals surface area contributed by atoms with E-state index in [1.54, 1.807) is 6.92 Å². The van der Waals surface area contributed by atoms with Gasteiger partial charge in [0.05, 0.1) is 23.4 Å². The molecule has 0 bridgehead atoms. The van der Waals surface area contributed by atoms with Crippen LogP contribution < -0.4 is 5.69 Å². The fraction of sp³-hybridized carbons (Fsp3) is 0.308. The second kappa shape index (κ2) is 5.88. The highest BCUT2D eigenvalue weighted by Gasteiger charge is 2.21. The first kappa shape index (κ1) is 16.2. The molecule has 0 saturated carbocycles. The maximum absolute atomic E-state index is 12.9. The quantitative estimate of drug-likeness (QED) is 0.810. The molecule has 22 heavy (non-hydrogen) atoms. The van der Waals surface area contributed by atoms with Crippen LogP contribution in [0.25, 0.3) is 5.69 Å². The lowest BCUT2D eigenvalue weighted by atomic mass is 10.1. The van der Waals surface area contributed by atoms with Crippen molar-refractivity contribution in [3.05, 3.63) is 44.6 Å². The zero-order chi connectivity index (χ0) is 16.6. The van der Waals surface area contributed by atoms with Gasteiger partial charge in [-0.1, -0.05) is 11.6 Å². The van der Waals surface area contributed by atoms with E-state index in [4.69, 9.17) is 11.6 Å². The smallest absolute Gasteiger partial charge is 0.355 e. The number of aromatic nitrogens is 3. The van der Waals surface area contributed by atoms with Crippen molar-refractivity contribution in [2.45, 2.75) is 20.4 Å². The van der Waals surface area contributed by atoms with Gasteiger partial charge in [0.15, 0.2) is 0 Å². The van der Waals surface area contributed by atoms with Gasteiger partial charge in [-0.3, -0.25) is 0 Å². The van der Waals surface area contributed by atoms with E-state index >= 15 is 0 Å². The Kier molecular flexibility index (Phi) is 4.32. The SMILES string of the molecule is COC(=O)c1cc(-n2nc(C)n(C(F)F)c2=O)c(C)cc1Cl. The topological polar surface area (TPSA) is 66.1 Å². The highest BCUT2D eigenvalue weighted by atomic mass is 35.5. The van der Waals surface area contributed by atoms with E-state index in [1.165, 1.54) is 26.2 Å². The Bertz CT molecular complexity index is 799. The molecule has 6 nitrogen and oxygen atoms in total. The number of carbonyl (C=O) groups excluding carboxylic acids is 1. The number of methoxy groups -OCH3 is 1. The van der Waals surface area contributed by atoms with Crippen molar-refractivity contribution in [1.82, 2.24) is 14.3 Å².